The fourth-order valence-electron chi connectivity index (χ4n) is 1.70. The second-order valence-electron chi connectivity index (χ2n) is 4.46. The van der Waals surface area contributed by atoms with Crippen molar-refractivity contribution in [3.8, 4) is 0 Å². The van der Waals surface area contributed by atoms with Gasteiger partial charge in [-0.1, -0.05) is 0 Å². The van der Waals surface area contributed by atoms with Crippen LogP contribution >= 0.6 is 7.60 Å². The lowest BCUT2D eigenvalue weighted by atomic mass is 10.4. The third-order valence-electron chi connectivity index (χ3n) is 2.13. The standard InChI is InChI=1S/C10H22NO3P/c1-8(2)13-15(12,14-9(3)4)10-6-5-7-11-10/h8-11H,5-7H2,1-4H3. The molecule has 15 heavy (non-hydrogen) atoms. The molecule has 0 bridgehead atoms. The van der Waals surface area contributed by atoms with E-state index in [-0.39, 0.29) is 18.0 Å². The van der Waals surface area contributed by atoms with E-state index in [2.05, 4.69) is 5.32 Å². The number of hydrogen-bond donors (Lipinski definition) is 1. The molecule has 5 heteroatoms. The molecule has 1 aliphatic rings. The van der Waals surface area contributed by atoms with Crippen molar-refractivity contribution in [2.75, 3.05) is 6.54 Å². The maximum Gasteiger partial charge on any atom is 0.347 e. The lowest BCUT2D eigenvalue weighted by molar-refractivity contribution is 0.135. The highest BCUT2D eigenvalue weighted by Gasteiger charge is 2.39. The van der Waals surface area contributed by atoms with Crippen molar-refractivity contribution in [2.45, 2.75) is 58.5 Å². The largest absolute Gasteiger partial charge is 0.347 e. The zero-order valence-electron chi connectivity index (χ0n) is 10.0. The van der Waals surface area contributed by atoms with Crippen LogP contribution in [0.3, 0.4) is 0 Å². The second kappa shape index (κ2) is 5.44. The lowest BCUT2D eigenvalue weighted by Gasteiger charge is -2.27. The van der Waals surface area contributed by atoms with Gasteiger partial charge in [-0.05, 0) is 47.1 Å². The Morgan fingerprint density at radius 1 is 1.20 bits per heavy atom. The monoisotopic (exact) mass is 235 g/mol. The van der Waals surface area contributed by atoms with E-state index >= 15 is 0 Å². The van der Waals surface area contributed by atoms with Crippen molar-refractivity contribution in [3.63, 3.8) is 0 Å². The Morgan fingerprint density at radius 2 is 1.73 bits per heavy atom. The van der Waals surface area contributed by atoms with Crippen LogP contribution in [0.5, 0.6) is 0 Å². The molecule has 0 aromatic rings. The van der Waals surface area contributed by atoms with Crippen LogP contribution in [0, 0.1) is 0 Å². The van der Waals surface area contributed by atoms with Gasteiger partial charge in [0.25, 0.3) is 0 Å². The molecule has 1 atom stereocenters. The molecule has 0 aromatic carbocycles. The minimum Gasteiger partial charge on any atom is -0.305 e. The van der Waals surface area contributed by atoms with Gasteiger partial charge in [-0.3, -0.25) is 4.57 Å². The zero-order chi connectivity index (χ0) is 11.5. The molecule has 1 saturated heterocycles. The Bertz CT molecular complexity index is 223. The van der Waals surface area contributed by atoms with Crippen molar-refractivity contribution in [2.24, 2.45) is 0 Å². The maximum absolute atomic E-state index is 12.5. The molecule has 0 radical (unpaired) electrons. The van der Waals surface area contributed by atoms with Gasteiger partial charge in [0.2, 0.25) is 0 Å². The van der Waals surface area contributed by atoms with Gasteiger partial charge in [0, 0.05) is 0 Å². The molecular formula is C10H22NO3P. The summed E-state index contributed by atoms with van der Waals surface area (Å²) in [6, 6.07) is 0. The van der Waals surface area contributed by atoms with Crippen LogP contribution in [0.15, 0.2) is 0 Å². The summed E-state index contributed by atoms with van der Waals surface area (Å²) in [5.41, 5.74) is 0. The molecule has 1 heterocycles. The smallest absolute Gasteiger partial charge is 0.305 e. The Kier molecular flexibility index (Phi) is 4.78. The van der Waals surface area contributed by atoms with Gasteiger partial charge in [0.05, 0.1) is 12.2 Å². The Balaban J connectivity index is 2.70. The summed E-state index contributed by atoms with van der Waals surface area (Å²) >= 11 is 0. The molecule has 4 nitrogen and oxygen atoms in total. The average Bonchev–Trinajstić information content (AvgIpc) is 2.51. The van der Waals surface area contributed by atoms with Gasteiger partial charge in [-0.25, -0.2) is 0 Å². The summed E-state index contributed by atoms with van der Waals surface area (Å²) in [7, 11) is -2.99. The molecule has 0 spiro atoms. The molecule has 1 unspecified atom stereocenters. The second-order valence-corrected chi connectivity index (χ2v) is 6.58. The normalized spacial score (nSPS) is 22.9. The average molecular weight is 235 g/mol. The summed E-state index contributed by atoms with van der Waals surface area (Å²) in [6.07, 6.45) is 1.77. The molecule has 0 saturated carbocycles. The molecular weight excluding hydrogens is 213 g/mol. The first-order valence-corrected chi connectivity index (χ1v) is 7.25. The SMILES string of the molecule is CC(C)OP(=O)(OC(C)C)C1CCCN1. The number of rotatable bonds is 5. The summed E-state index contributed by atoms with van der Waals surface area (Å²) < 4.78 is 23.5. The van der Waals surface area contributed by atoms with Gasteiger partial charge < -0.3 is 14.4 Å². The van der Waals surface area contributed by atoms with E-state index in [1.54, 1.807) is 0 Å². The van der Waals surface area contributed by atoms with Crippen LogP contribution in [0.1, 0.15) is 40.5 Å². The van der Waals surface area contributed by atoms with E-state index in [0.717, 1.165) is 19.4 Å². The van der Waals surface area contributed by atoms with Crippen LogP contribution in [0.2, 0.25) is 0 Å². The minimum absolute atomic E-state index is 0.0722. The predicted molar refractivity (Wildman–Crippen MR) is 61.1 cm³/mol. The Hall–Kier alpha value is 0.110. The summed E-state index contributed by atoms with van der Waals surface area (Å²) in [4.78, 5) is 0. The molecule has 0 aromatic heterocycles. The maximum atomic E-state index is 12.5. The van der Waals surface area contributed by atoms with Gasteiger partial charge in [-0.2, -0.15) is 0 Å². The van der Waals surface area contributed by atoms with Gasteiger partial charge in [-0.15, -0.1) is 0 Å². The minimum atomic E-state index is -2.99. The number of hydrogen-bond acceptors (Lipinski definition) is 4. The van der Waals surface area contributed by atoms with Crippen LogP contribution in [-0.2, 0) is 13.6 Å². The van der Waals surface area contributed by atoms with E-state index in [1.165, 1.54) is 0 Å². The van der Waals surface area contributed by atoms with Gasteiger partial charge in [0.15, 0.2) is 0 Å². The molecule has 90 valence electrons. The number of nitrogens with one attached hydrogen (secondary N) is 1. The van der Waals surface area contributed by atoms with Crippen molar-refractivity contribution >= 4 is 7.60 Å². The summed E-state index contributed by atoms with van der Waals surface area (Å²) in [6.45, 7) is 8.42. The zero-order valence-corrected chi connectivity index (χ0v) is 10.9. The third kappa shape index (κ3) is 3.87. The van der Waals surface area contributed by atoms with E-state index in [9.17, 15) is 4.57 Å². The highest BCUT2D eigenvalue weighted by Crippen LogP contribution is 2.56. The Morgan fingerprint density at radius 3 is 2.07 bits per heavy atom. The van der Waals surface area contributed by atoms with Crippen LogP contribution < -0.4 is 5.32 Å². The summed E-state index contributed by atoms with van der Waals surface area (Å²) in [5, 5.41) is 3.19. The van der Waals surface area contributed by atoms with E-state index < -0.39 is 7.60 Å². The lowest BCUT2D eigenvalue weighted by Crippen LogP contribution is -2.26. The molecule has 1 rings (SSSR count). The van der Waals surface area contributed by atoms with Crippen LogP contribution in [0.4, 0.5) is 0 Å². The summed E-state index contributed by atoms with van der Waals surface area (Å²) in [5.74, 6) is -0.123. The first-order valence-electron chi connectivity index (χ1n) is 5.64. The van der Waals surface area contributed by atoms with Crippen LogP contribution in [-0.4, -0.2) is 24.5 Å². The molecule has 1 aliphatic heterocycles. The van der Waals surface area contributed by atoms with E-state index in [1.807, 2.05) is 27.7 Å². The fourth-order valence-corrected chi connectivity index (χ4v) is 4.07. The quantitative estimate of drug-likeness (QED) is 0.744. The Labute approximate surface area is 92.3 Å². The molecule has 0 amide bonds. The first-order chi connectivity index (χ1) is 6.94. The van der Waals surface area contributed by atoms with Crippen molar-refractivity contribution in [1.82, 2.24) is 5.32 Å². The highest BCUT2D eigenvalue weighted by molar-refractivity contribution is 7.54. The third-order valence-corrected chi connectivity index (χ3v) is 4.77. The van der Waals surface area contributed by atoms with E-state index in [0.29, 0.717) is 0 Å². The van der Waals surface area contributed by atoms with Gasteiger partial charge in [0.1, 0.15) is 5.78 Å². The first kappa shape index (κ1) is 13.2. The van der Waals surface area contributed by atoms with Gasteiger partial charge >= 0.3 is 7.60 Å². The molecule has 1 N–H and O–H groups in total. The van der Waals surface area contributed by atoms with Crippen molar-refractivity contribution < 1.29 is 13.6 Å². The van der Waals surface area contributed by atoms with Crippen LogP contribution in [0.25, 0.3) is 0 Å². The van der Waals surface area contributed by atoms with Crippen molar-refractivity contribution in [1.29, 1.82) is 0 Å². The topological polar surface area (TPSA) is 47.6 Å². The fraction of sp³-hybridized carbons (Fsp3) is 1.00. The predicted octanol–water partition coefficient (Wildman–Crippen LogP) is 2.74. The molecule has 0 aliphatic carbocycles. The van der Waals surface area contributed by atoms with Crippen molar-refractivity contribution in [3.05, 3.63) is 0 Å². The van der Waals surface area contributed by atoms with E-state index in [4.69, 9.17) is 9.05 Å². The highest BCUT2D eigenvalue weighted by atomic mass is 31.2. The molecule has 1 fully saturated rings.